The van der Waals surface area contributed by atoms with Gasteiger partial charge < -0.3 is 5.32 Å². The van der Waals surface area contributed by atoms with Gasteiger partial charge in [0, 0.05) is 12.2 Å². The summed E-state index contributed by atoms with van der Waals surface area (Å²) in [6, 6.07) is 4.41. The predicted molar refractivity (Wildman–Crippen MR) is 71.3 cm³/mol. The molecular weight excluding hydrogens is 208 g/mol. The van der Waals surface area contributed by atoms with Crippen LogP contribution in [0.2, 0.25) is 0 Å². The number of rotatable bonds is 4. The molecule has 0 radical (unpaired) electrons. The number of hydrogen-bond donors (Lipinski definition) is 1. The van der Waals surface area contributed by atoms with Crippen LogP contribution >= 0.6 is 0 Å². The van der Waals surface area contributed by atoms with Gasteiger partial charge in [-0.3, -0.25) is 0 Å². The van der Waals surface area contributed by atoms with Crippen LogP contribution in [-0.4, -0.2) is 11.5 Å². The molecule has 1 aromatic rings. The minimum Gasteiger partial charge on any atom is -0.370 e. The molecule has 0 amide bonds. The minimum atomic E-state index is 0.969. The van der Waals surface area contributed by atoms with Crippen LogP contribution in [0.15, 0.2) is 12.1 Å². The standard InChI is InChI=1S/C15H22N2/c1-2-5-12(4-1)10-11-16-15-9-8-13-6-3-7-14(13)17-15/h8-9,12H,1-7,10-11H2,(H,16,17). The Morgan fingerprint density at radius 2 is 2.00 bits per heavy atom. The summed E-state index contributed by atoms with van der Waals surface area (Å²) in [4.78, 5) is 4.71. The first-order chi connectivity index (χ1) is 8.42. The molecule has 1 heterocycles. The first kappa shape index (κ1) is 11.1. The van der Waals surface area contributed by atoms with Crippen molar-refractivity contribution in [3.05, 3.63) is 23.4 Å². The van der Waals surface area contributed by atoms with E-state index in [9.17, 15) is 0 Å². The summed E-state index contributed by atoms with van der Waals surface area (Å²) >= 11 is 0. The quantitative estimate of drug-likeness (QED) is 0.855. The third kappa shape index (κ3) is 2.62. The minimum absolute atomic E-state index is 0.969. The number of pyridine rings is 1. The predicted octanol–water partition coefficient (Wildman–Crippen LogP) is 3.56. The lowest BCUT2D eigenvalue weighted by molar-refractivity contribution is 0.518. The van der Waals surface area contributed by atoms with Gasteiger partial charge in [0.25, 0.3) is 0 Å². The highest BCUT2D eigenvalue weighted by atomic mass is 15.0. The van der Waals surface area contributed by atoms with Crippen molar-refractivity contribution in [2.45, 2.75) is 51.4 Å². The SMILES string of the molecule is c1cc2c(nc1NCCC1CCCC1)CCC2. The van der Waals surface area contributed by atoms with Crippen LogP contribution in [0.3, 0.4) is 0 Å². The molecule has 0 unspecified atom stereocenters. The third-order valence-electron chi connectivity index (χ3n) is 4.26. The van der Waals surface area contributed by atoms with E-state index in [1.165, 1.54) is 62.6 Å². The number of aromatic nitrogens is 1. The molecule has 2 aliphatic rings. The highest BCUT2D eigenvalue weighted by Gasteiger charge is 2.15. The van der Waals surface area contributed by atoms with Gasteiger partial charge in [-0.05, 0) is 43.2 Å². The molecule has 17 heavy (non-hydrogen) atoms. The first-order valence-corrected chi connectivity index (χ1v) is 7.14. The van der Waals surface area contributed by atoms with Gasteiger partial charge in [0.05, 0.1) is 0 Å². The van der Waals surface area contributed by atoms with E-state index in [0.717, 1.165) is 18.3 Å². The van der Waals surface area contributed by atoms with Crippen molar-refractivity contribution in [3.8, 4) is 0 Å². The summed E-state index contributed by atoms with van der Waals surface area (Å²) in [5.41, 5.74) is 2.79. The van der Waals surface area contributed by atoms with Gasteiger partial charge in [-0.15, -0.1) is 0 Å². The average Bonchev–Trinajstić information content (AvgIpc) is 2.98. The molecule has 1 aromatic heterocycles. The zero-order valence-corrected chi connectivity index (χ0v) is 10.5. The maximum absolute atomic E-state index is 4.71. The number of nitrogens with one attached hydrogen (secondary N) is 1. The molecule has 1 fully saturated rings. The van der Waals surface area contributed by atoms with E-state index in [-0.39, 0.29) is 0 Å². The summed E-state index contributed by atoms with van der Waals surface area (Å²) in [7, 11) is 0. The monoisotopic (exact) mass is 230 g/mol. The van der Waals surface area contributed by atoms with Crippen molar-refractivity contribution < 1.29 is 0 Å². The van der Waals surface area contributed by atoms with Crippen molar-refractivity contribution in [1.82, 2.24) is 4.98 Å². The number of nitrogens with zero attached hydrogens (tertiary/aromatic N) is 1. The third-order valence-corrected chi connectivity index (χ3v) is 4.26. The van der Waals surface area contributed by atoms with Gasteiger partial charge in [0.2, 0.25) is 0 Å². The largest absolute Gasteiger partial charge is 0.370 e. The zero-order chi connectivity index (χ0) is 11.5. The Morgan fingerprint density at radius 1 is 1.12 bits per heavy atom. The van der Waals surface area contributed by atoms with Gasteiger partial charge in [-0.25, -0.2) is 4.98 Å². The maximum Gasteiger partial charge on any atom is 0.126 e. The van der Waals surface area contributed by atoms with Crippen molar-refractivity contribution in [2.75, 3.05) is 11.9 Å². The van der Waals surface area contributed by atoms with Crippen LogP contribution in [0.5, 0.6) is 0 Å². The molecule has 0 saturated heterocycles. The van der Waals surface area contributed by atoms with Crippen molar-refractivity contribution in [3.63, 3.8) is 0 Å². The molecule has 1 N–H and O–H groups in total. The molecule has 0 bridgehead atoms. The zero-order valence-electron chi connectivity index (χ0n) is 10.5. The summed E-state index contributed by atoms with van der Waals surface area (Å²) < 4.78 is 0. The van der Waals surface area contributed by atoms with E-state index in [0.29, 0.717) is 0 Å². The lowest BCUT2D eigenvalue weighted by atomic mass is 10.0. The van der Waals surface area contributed by atoms with E-state index in [1.807, 2.05) is 0 Å². The van der Waals surface area contributed by atoms with E-state index in [4.69, 9.17) is 4.98 Å². The molecule has 1 saturated carbocycles. The Labute approximate surface area is 104 Å². The number of aryl methyl sites for hydroxylation is 2. The van der Waals surface area contributed by atoms with Crippen molar-refractivity contribution in [2.24, 2.45) is 5.92 Å². The van der Waals surface area contributed by atoms with Crippen LogP contribution in [0.4, 0.5) is 5.82 Å². The Morgan fingerprint density at radius 3 is 2.88 bits per heavy atom. The fourth-order valence-electron chi connectivity index (χ4n) is 3.22. The molecule has 0 atom stereocenters. The normalized spacial score (nSPS) is 19.5. The topological polar surface area (TPSA) is 24.9 Å². The first-order valence-electron chi connectivity index (χ1n) is 7.14. The van der Waals surface area contributed by atoms with Gasteiger partial charge in [0.15, 0.2) is 0 Å². The fraction of sp³-hybridized carbons (Fsp3) is 0.667. The Kier molecular flexibility index (Phi) is 3.30. The number of anilines is 1. The fourth-order valence-corrected chi connectivity index (χ4v) is 3.22. The lowest BCUT2D eigenvalue weighted by Gasteiger charge is -2.11. The molecule has 2 aliphatic carbocycles. The average molecular weight is 230 g/mol. The maximum atomic E-state index is 4.71. The Hall–Kier alpha value is -1.05. The van der Waals surface area contributed by atoms with Gasteiger partial charge in [-0.2, -0.15) is 0 Å². The molecule has 2 nitrogen and oxygen atoms in total. The molecular formula is C15H22N2. The second kappa shape index (κ2) is 5.07. The molecule has 0 aromatic carbocycles. The van der Waals surface area contributed by atoms with Gasteiger partial charge in [-0.1, -0.05) is 31.7 Å². The number of hydrogen-bond acceptors (Lipinski definition) is 2. The Balaban J connectivity index is 1.51. The van der Waals surface area contributed by atoms with E-state index in [1.54, 1.807) is 0 Å². The molecule has 0 aliphatic heterocycles. The van der Waals surface area contributed by atoms with Crippen LogP contribution in [0.25, 0.3) is 0 Å². The molecule has 3 rings (SSSR count). The highest BCUT2D eigenvalue weighted by Crippen LogP contribution is 2.27. The van der Waals surface area contributed by atoms with E-state index in [2.05, 4.69) is 17.4 Å². The van der Waals surface area contributed by atoms with Gasteiger partial charge >= 0.3 is 0 Å². The second-order valence-corrected chi connectivity index (χ2v) is 5.52. The highest BCUT2D eigenvalue weighted by molar-refractivity contribution is 5.40. The van der Waals surface area contributed by atoms with E-state index >= 15 is 0 Å². The number of fused-ring (bicyclic) bond motifs is 1. The van der Waals surface area contributed by atoms with Crippen LogP contribution in [-0.2, 0) is 12.8 Å². The van der Waals surface area contributed by atoms with Crippen LogP contribution in [0, 0.1) is 5.92 Å². The van der Waals surface area contributed by atoms with Crippen molar-refractivity contribution in [1.29, 1.82) is 0 Å². The molecule has 92 valence electrons. The molecule has 0 spiro atoms. The van der Waals surface area contributed by atoms with Crippen LogP contribution < -0.4 is 5.32 Å². The summed E-state index contributed by atoms with van der Waals surface area (Å²) in [5.74, 6) is 2.06. The smallest absolute Gasteiger partial charge is 0.126 e. The van der Waals surface area contributed by atoms with Crippen molar-refractivity contribution >= 4 is 5.82 Å². The summed E-state index contributed by atoms with van der Waals surface area (Å²) in [6.07, 6.45) is 10.8. The second-order valence-electron chi connectivity index (χ2n) is 5.52. The Bertz CT molecular complexity index is 381. The summed E-state index contributed by atoms with van der Waals surface area (Å²) in [5, 5.41) is 3.49. The van der Waals surface area contributed by atoms with Crippen LogP contribution in [0.1, 0.15) is 49.8 Å². The van der Waals surface area contributed by atoms with Gasteiger partial charge in [0.1, 0.15) is 5.82 Å². The molecule has 2 heteroatoms. The lowest BCUT2D eigenvalue weighted by Crippen LogP contribution is -2.08. The van der Waals surface area contributed by atoms with E-state index < -0.39 is 0 Å². The summed E-state index contributed by atoms with van der Waals surface area (Å²) in [6.45, 7) is 1.09.